The molecule has 4 fully saturated rings. The third-order valence-electron chi connectivity index (χ3n) is 11.0. The number of nitrogens with one attached hydrogen (secondary N) is 1. The molecular weight excluding hydrogens is 667 g/mol. The topological polar surface area (TPSA) is 124 Å². The predicted octanol–water partition coefficient (Wildman–Crippen LogP) is 5.39. The Kier molecular flexibility index (Phi) is 11.5. The molecule has 2 saturated carbocycles. The number of methoxy groups -OCH3 is 1. The van der Waals surface area contributed by atoms with Gasteiger partial charge in [0, 0.05) is 87.4 Å². The molecule has 251 valence electrons. The first-order valence-electron chi connectivity index (χ1n) is 17.0. The summed E-state index contributed by atoms with van der Waals surface area (Å²) in [6.45, 7) is 3.12. The van der Waals surface area contributed by atoms with Crippen LogP contribution in [0.15, 0.2) is 36.4 Å². The second-order valence-electron chi connectivity index (χ2n) is 13.7. The summed E-state index contributed by atoms with van der Waals surface area (Å²) < 4.78 is 8.11. The average Bonchev–Trinajstić information content (AvgIpc) is 3.55. The van der Waals surface area contributed by atoms with Gasteiger partial charge in [0.25, 0.3) is 0 Å². The number of rotatable bonds is 4. The van der Waals surface area contributed by atoms with E-state index < -0.39 is 11.3 Å². The van der Waals surface area contributed by atoms with Gasteiger partial charge in [0.15, 0.2) is 0 Å². The monoisotopic (exact) mass is 717 g/mol. The molecule has 4 N–H and O–H groups in total. The summed E-state index contributed by atoms with van der Waals surface area (Å²) in [5.74, 6) is 1.80. The first-order valence-corrected chi connectivity index (χ1v) is 17.0. The largest absolute Gasteiger partial charge is 0.658 e. The van der Waals surface area contributed by atoms with Gasteiger partial charge in [0.2, 0.25) is 11.8 Å². The molecule has 2 aromatic carbocycles. The number of hydrogen-bond acceptors (Lipinski definition) is 5. The summed E-state index contributed by atoms with van der Waals surface area (Å²) >= 11 is 0. The fourth-order valence-electron chi connectivity index (χ4n) is 8.87. The fourth-order valence-corrected chi connectivity index (χ4v) is 8.87. The molecule has 8 rings (SSSR count). The minimum absolute atomic E-state index is 0. The Hall–Kier alpha value is -2.30. The second kappa shape index (κ2) is 15.1. The van der Waals surface area contributed by atoms with Crippen LogP contribution in [0.1, 0.15) is 84.7 Å². The van der Waals surface area contributed by atoms with Gasteiger partial charge in [-0.15, -0.1) is 12.6 Å². The standard InChI is InChI=1S/C34H39N4O3.C2H7N.CH4O.Y/c1-41-23-10-12-24-26(15-23)27-16-34(27,33(40)37-17-22-8-5-13-36-28(22)18-37)19-38-29-14-21(32(35)39)9-11-25(29)30(31(24)38)20-6-3-2-4-7-20;1-3-2;1-2;/h9-12,14-15,20,22,27-28H,2-8,13,16-19H2,1H3,(H2,35,39);3H,1-2H3;2H,1H3;/q-1;;;. The number of nitrogens with zero attached hydrogens (tertiary/aromatic N) is 3. The first-order chi connectivity index (χ1) is 22.4. The van der Waals surface area contributed by atoms with Crippen LogP contribution in [0, 0.1) is 11.3 Å². The number of primary amides is 1. The second-order valence-corrected chi connectivity index (χ2v) is 13.7. The number of ether oxygens (including phenoxy) is 1. The average molecular weight is 718 g/mol. The van der Waals surface area contributed by atoms with Crippen molar-refractivity contribution >= 4 is 22.7 Å². The number of piperidine rings is 1. The van der Waals surface area contributed by atoms with E-state index >= 15 is 0 Å². The van der Waals surface area contributed by atoms with Gasteiger partial charge < -0.3 is 35.7 Å². The molecule has 1 aromatic heterocycles. The number of hydrogen-bond donors (Lipinski definition) is 3. The molecule has 3 aromatic rings. The molecule has 47 heavy (non-hydrogen) atoms. The van der Waals surface area contributed by atoms with Gasteiger partial charge in [-0.2, -0.15) is 0 Å². The molecule has 2 aliphatic carbocycles. The summed E-state index contributed by atoms with van der Waals surface area (Å²) in [5, 5.41) is 15.8. The van der Waals surface area contributed by atoms with E-state index in [2.05, 4.69) is 39.0 Å². The van der Waals surface area contributed by atoms with Gasteiger partial charge in [0.05, 0.1) is 18.2 Å². The maximum Gasteiger partial charge on any atom is 0.248 e. The summed E-state index contributed by atoms with van der Waals surface area (Å²) in [7, 11) is 6.47. The van der Waals surface area contributed by atoms with Crippen molar-refractivity contribution in [1.82, 2.24) is 14.8 Å². The third kappa shape index (κ3) is 6.43. The zero-order valence-electron chi connectivity index (χ0n) is 28.4. The first kappa shape index (κ1) is 36.0. The molecule has 4 atom stereocenters. The zero-order chi connectivity index (χ0) is 32.6. The summed E-state index contributed by atoms with van der Waals surface area (Å²) in [6.07, 6.45) is 9.23. The Labute approximate surface area is 304 Å². The van der Waals surface area contributed by atoms with Gasteiger partial charge in [-0.05, 0) is 86.7 Å². The van der Waals surface area contributed by atoms with Crippen molar-refractivity contribution in [2.24, 2.45) is 17.1 Å². The van der Waals surface area contributed by atoms with Gasteiger partial charge in [-0.3, -0.25) is 9.59 Å². The number of aromatic nitrogens is 1. The summed E-state index contributed by atoms with van der Waals surface area (Å²) in [6, 6.07) is 12.7. The number of likely N-dealkylation sites (tertiary alicyclic amines) is 1. The maximum absolute atomic E-state index is 14.6. The van der Waals surface area contributed by atoms with E-state index in [1.54, 1.807) is 7.11 Å². The molecular formula is C37H50N5O4Y-. The van der Waals surface area contributed by atoms with Crippen LogP contribution in [0.25, 0.3) is 27.5 Å². The van der Waals surface area contributed by atoms with E-state index in [9.17, 15) is 9.59 Å². The Balaban J connectivity index is 0.000000686. The molecule has 4 heterocycles. The van der Waals surface area contributed by atoms with Crippen LogP contribution in [-0.4, -0.2) is 80.4 Å². The Morgan fingerprint density at radius 2 is 1.77 bits per heavy atom. The summed E-state index contributed by atoms with van der Waals surface area (Å²) in [5.41, 5.74) is 11.9. The smallest absolute Gasteiger partial charge is 0.248 e. The van der Waals surface area contributed by atoms with Crippen molar-refractivity contribution < 1.29 is 52.1 Å². The third-order valence-corrected chi connectivity index (χ3v) is 11.0. The van der Waals surface area contributed by atoms with Gasteiger partial charge in [-0.1, -0.05) is 38.2 Å². The molecule has 10 heteroatoms. The van der Waals surface area contributed by atoms with Crippen LogP contribution in [-0.2, 0) is 44.0 Å². The number of amides is 2. The van der Waals surface area contributed by atoms with Crippen LogP contribution in [0.5, 0.6) is 5.75 Å². The molecule has 5 aliphatic rings. The van der Waals surface area contributed by atoms with Crippen LogP contribution in [0.2, 0.25) is 0 Å². The van der Waals surface area contributed by atoms with E-state index in [-0.39, 0.29) is 44.5 Å². The Bertz CT molecular complexity index is 1590. The summed E-state index contributed by atoms with van der Waals surface area (Å²) in [4.78, 5) is 29.1. The van der Waals surface area contributed by atoms with E-state index in [0.717, 1.165) is 50.9 Å². The van der Waals surface area contributed by atoms with Crippen LogP contribution in [0.3, 0.4) is 0 Å². The molecule has 0 bridgehead atoms. The number of nitrogens with two attached hydrogens (primary N) is 1. The minimum Gasteiger partial charge on any atom is -0.658 e. The molecule has 2 amide bonds. The maximum atomic E-state index is 14.6. The molecule has 9 nitrogen and oxygen atoms in total. The van der Waals surface area contributed by atoms with Crippen LogP contribution >= 0.6 is 0 Å². The number of aliphatic hydroxyl groups is 1. The number of carbonyl (C=O) groups is 2. The van der Waals surface area contributed by atoms with Crippen molar-refractivity contribution in [2.75, 3.05) is 47.9 Å². The number of benzene rings is 2. The van der Waals surface area contributed by atoms with Crippen molar-refractivity contribution in [1.29, 1.82) is 0 Å². The Morgan fingerprint density at radius 3 is 2.45 bits per heavy atom. The van der Waals surface area contributed by atoms with Crippen molar-refractivity contribution in [3.8, 4) is 17.0 Å². The number of aliphatic hydroxyl groups excluding tert-OH is 1. The van der Waals surface area contributed by atoms with Gasteiger partial charge in [-0.25, -0.2) is 0 Å². The van der Waals surface area contributed by atoms with E-state index in [1.807, 2.05) is 26.2 Å². The van der Waals surface area contributed by atoms with E-state index in [1.165, 1.54) is 66.3 Å². The van der Waals surface area contributed by atoms with E-state index in [0.29, 0.717) is 30.0 Å². The minimum atomic E-state index is -0.502. The van der Waals surface area contributed by atoms with E-state index in [4.69, 9.17) is 20.9 Å². The van der Waals surface area contributed by atoms with Crippen LogP contribution in [0.4, 0.5) is 0 Å². The number of carbonyl (C=O) groups excluding carboxylic acids is 2. The van der Waals surface area contributed by atoms with Crippen molar-refractivity contribution in [3.05, 3.63) is 58.4 Å². The fraction of sp³-hybridized carbons (Fsp3) is 0.568. The SMILES string of the molecule is CNC.CO.COc1ccc2c(c1)C1CC1(C(=O)N1CC3CCC[N-]C3C1)Cn1c-2c(C2CCCCC2)c2ccc(C(N)=O)cc21.[Y]. The van der Waals surface area contributed by atoms with Crippen LogP contribution < -0.4 is 15.8 Å². The van der Waals surface area contributed by atoms with Gasteiger partial charge >= 0.3 is 0 Å². The van der Waals surface area contributed by atoms with Crippen molar-refractivity contribution in [2.45, 2.75) is 75.8 Å². The number of fused-ring (bicyclic) bond motifs is 8. The molecule has 0 spiro atoms. The molecule has 4 unspecified atom stereocenters. The molecule has 2 saturated heterocycles. The van der Waals surface area contributed by atoms with Gasteiger partial charge in [0.1, 0.15) is 5.75 Å². The predicted molar refractivity (Wildman–Crippen MR) is 183 cm³/mol. The quantitative estimate of drug-likeness (QED) is 0.334. The molecule has 3 aliphatic heterocycles. The van der Waals surface area contributed by atoms with Crippen molar-refractivity contribution in [3.63, 3.8) is 0 Å². The zero-order valence-corrected chi connectivity index (χ0v) is 31.3. The molecule has 1 radical (unpaired) electrons. The normalized spacial score (nSPS) is 25.6. The Morgan fingerprint density at radius 1 is 1.02 bits per heavy atom.